The molecule has 0 aliphatic carbocycles. The molecule has 5 heteroatoms. The Labute approximate surface area is 79.9 Å². The first-order chi connectivity index (χ1) is 5.90. The van der Waals surface area contributed by atoms with Crippen LogP contribution in [0.5, 0.6) is 0 Å². The van der Waals surface area contributed by atoms with Gasteiger partial charge in [-0.2, -0.15) is 0 Å². The molecule has 2 amide bonds. The van der Waals surface area contributed by atoms with Gasteiger partial charge in [-0.3, -0.25) is 4.79 Å². The predicted octanol–water partition coefficient (Wildman–Crippen LogP) is 1.39. The number of carbonyl (C=O) groups is 1. The highest BCUT2D eigenvalue weighted by Crippen LogP contribution is 2.02. The molecule has 0 saturated heterocycles. The molecule has 0 rings (SSSR count). The van der Waals surface area contributed by atoms with Crippen molar-refractivity contribution in [1.29, 1.82) is 0 Å². The molecule has 0 aliphatic rings. The van der Waals surface area contributed by atoms with E-state index in [9.17, 15) is 9.59 Å². The van der Waals surface area contributed by atoms with Gasteiger partial charge in [-0.15, -0.1) is 0 Å². The molecule has 0 N–H and O–H groups in total. The van der Waals surface area contributed by atoms with Crippen LogP contribution in [0.25, 0.3) is 0 Å². The summed E-state index contributed by atoms with van der Waals surface area (Å²) in [6.07, 6.45) is 1.35. The summed E-state index contributed by atoms with van der Waals surface area (Å²) >= 11 is 0. The Morgan fingerprint density at radius 1 is 1.46 bits per heavy atom. The molecule has 0 aliphatic heterocycles. The minimum atomic E-state index is -1.39. The zero-order chi connectivity index (χ0) is 10.5. The molecule has 4 nitrogen and oxygen atoms in total. The SMILES string of the molecule is CCN([C]=O)C(=O)OC[Si](C)(C)C. The molecule has 1 radical (unpaired) electrons. The number of imide groups is 1. The minimum absolute atomic E-state index is 0.300. The second kappa shape index (κ2) is 5.01. The molecule has 0 unspecified atom stereocenters. The summed E-state index contributed by atoms with van der Waals surface area (Å²) in [6.45, 7) is 8.25. The van der Waals surface area contributed by atoms with Crippen LogP contribution < -0.4 is 0 Å². The van der Waals surface area contributed by atoms with Gasteiger partial charge in [-0.1, -0.05) is 19.6 Å². The molecule has 0 aromatic heterocycles. The van der Waals surface area contributed by atoms with E-state index < -0.39 is 14.2 Å². The highest BCUT2D eigenvalue weighted by atomic mass is 28.3. The van der Waals surface area contributed by atoms with Crippen molar-refractivity contribution < 1.29 is 14.3 Å². The maximum atomic E-state index is 11.1. The van der Waals surface area contributed by atoms with Crippen LogP contribution in [0.4, 0.5) is 4.79 Å². The van der Waals surface area contributed by atoms with Gasteiger partial charge in [0.1, 0.15) is 0 Å². The van der Waals surface area contributed by atoms with Crippen molar-refractivity contribution in [3.8, 4) is 0 Å². The highest BCUT2D eigenvalue weighted by Gasteiger charge is 2.19. The largest absolute Gasteiger partial charge is 0.453 e. The van der Waals surface area contributed by atoms with Gasteiger partial charge in [-0.05, 0) is 6.92 Å². The Kier molecular flexibility index (Phi) is 4.69. The minimum Gasteiger partial charge on any atom is -0.453 e. The second-order valence-corrected chi connectivity index (χ2v) is 9.36. The molecule has 0 atom stereocenters. The number of hydrogen-bond acceptors (Lipinski definition) is 3. The van der Waals surface area contributed by atoms with Gasteiger partial charge in [-0.25, -0.2) is 9.69 Å². The lowest BCUT2D eigenvalue weighted by Gasteiger charge is -2.18. The van der Waals surface area contributed by atoms with E-state index in [0.29, 0.717) is 12.8 Å². The molecule has 0 aromatic carbocycles. The summed E-state index contributed by atoms with van der Waals surface area (Å²) in [4.78, 5) is 22.2. The van der Waals surface area contributed by atoms with Crippen LogP contribution in [0.2, 0.25) is 19.6 Å². The zero-order valence-corrected chi connectivity index (χ0v) is 9.59. The van der Waals surface area contributed by atoms with E-state index in [2.05, 4.69) is 19.6 Å². The third-order valence-electron chi connectivity index (χ3n) is 1.28. The maximum absolute atomic E-state index is 11.1. The summed E-state index contributed by atoms with van der Waals surface area (Å²) in [5, 5.41) is 0. The highest BCUT2D eigenvalue weighted by molar-refractivity contribution is 6.76. The summed E-state index contributed by atoms with van der Waals surface area (Å²) in [5.41, 5.74) is 0. The third-order valence-corrected chi connectivity index (χ3v) is 2.29. The van der Waals surface area contributed by atoms with Crippen molar-refractivity contribution in [2.24, 2.45) is 0 Å². The summed E-state index contributed by atoms with van der Waals surface area (Å²) in [6, 6.07) is 0. The Bertz CT molecular complexity index is 188. The number of amides is 2. The molecule has 0 bridgehead atoms. The van der Waals surface area contributed by atoms with Crippen LogP contribution in [0.15, 0.2) is 0 Å². The number of carbonyl (C=O) groups excluding carboxylic acids is 2. The van der Waals surface area contributed by atoms with E-state index in [0.717, 1.165) is 4.90 Å². The first kappa shape index (κ1) is 12.2. The summed E-state index contributed by atoms with van der Waals surface area (Å²) < 4.78 is 4.94. The average Bonchev–Trinajstić information content (AvgIpc) is 2.02. The van der Waals surface area contributed by atoms with E-state index in [4.69, 9.17) is 4.74 Å². The van der Waals surface area contributed by atoms with E-state index in [1.807, 2.05) is 0 Å². The predicted molar refractivity (Wildman–Crippen MR) is 52.8 cm³/mol. The van der Waals surface area contributed by atoms with Crippen LogP contribution in [-0.2, 0) is 9.53 Å². The summed E-state index contributed by atoms with van der Waals surface area (Å²) in [5.74, 6) is 0. The van der Waals surface area contributed by atoms with Gasteiger partial charge in [0.15, 0.2) is 0 Å². The maximum Gasteiger partial charge on any atom is 0.416 e. The lowest BCUT2D eigenvalue weighted by atomic mass is 10.7. The smallest absolute Gasteiger partial charge is 0.416 e. The average molecular weight is 202 g/mol. The first-order valence-electron chi connectivity index (χ1n) is 4.23. The zero-order valence-electron chi connectivity index (χ0n) is 8.59. The molecule has 0 fully saturated rings. The van der Waals surface area contributed by atoms with E-state index in [1.165, 1.54) is 6.41 Å². The Morgan fingerprint density at radius 3 is 2.31 bits per heavy atom. The van der Waals surface area contributed by atoms with Crippen molar-refractivity contribution in [2.45, 2.75) is 26.6 Å². The fraction of sp³-hybridized carbons (Fsp3) is 0.750. The molecular weight excluding hydrogens is 186 g/mol. The lowest BCUT2D eigenvalue weighted by Crippen LogP contribution is -2.36. The molecular formula is C8H16NO3Si. The lowest BCUT2D eigenvalue weighted by molar-refractivity contribution is 0.137. The fourth-order valence-electron chi connectivity index (χ4n) is 0.587. The molecule has 13 heavy (non-hydrogen) atoms. The second-order valence-electron chi connectivity index (χ2n) is 3.95. The standard InChI is InChI=1S/C8H16NO3Si/c1-5-9(6-10)8(11)12-7-13(2,3)4/h5,7H2,1-4H3. The normalized spacial score (nSPS) is 10.8. The van der Waals surface area contributed by atoms with Crippen LogP contribution in [-0.4, -0.2) is 38.3 Å². The van der Waals surface area contributed by atoms with Gasteiger partial charge in [0.05, 0.1) is 14.3 Å². The number of ether oxygens (including phenoxy) is 1. The number of nitrogens with zero attached hydrogens (tertiary/aromatic N) is 1. The van der Waals surface area contributed by atoms with Crippen LogP contribution in [0.3, 0.4) is 0 Å². The fourth-order valence-corrected chi connectivity index (χ4v) is 1.14. The molecule has 0 aromatic rings. The van der Waals surface area contributed by atoms with E-state index in [-0.39, 0.29) is 0 Å². The van der Waals surface area contributed by atoms with Crippen LogP contribution >= 0.6 is 0 Å². The van der Waals surface area contributed by atoms with Crippen LogP contribution in [0.1, 0.15) is 6.92 Å². The van der Waals surface area contributed by atoms with Gasteiger partial charge >= 0.3 is 12.5 Å². The Balaban J connectivity index is 3.93. The quantitative estimate of drug-likeness (QED) is 0.511. The monoisotopic (exact) mass is 202 g/mol. The third kappa shape index (κ3) is 5.40. The Hall–Kier alpha value is -0.843. The van der Waals surface area contributed by atoms with Gasteiger partial charge in [0.25, 0.3) is 0 Å². The van der Waals surface area contributed by atoms with Crippen LogP contribution in [0, 0.1) is 0 Å². The van der Waals surface area contributed by atoms with E-state index >= 15 is 0 Å². The van der Waals surface area contributed by atoms with Crippen molar-refractivity contribution in [2.75, 3.05) is 12.8 Å². The number of rotatable bonds is 4. The van der Waals surface area contributed by atoms with E-state index in [1.54, 1.807) is 6.92 Å². The summed E-state index contributed by atoms with van der Waals surface area (Å²) in [7, 11) is -1.39. The van der Waals surface area contributed by atoms with Crippen molar-refractivity contribution in [1.82, 2.24) is 4.90 Å². The topological polar surface area (TPSA) is 46.6 Å². The van der Waals surface area contributed by atoms with Gasteiger partial charge in [0.2, 0.25) is 0 Å². The van der Waals surface area contributed by atoms with Crippen molar-refractivity contribution in [3.05, 3.63) is 0 Å². The number of hydrogen-bond donors (Lipinski definition) is 0. The molecule has 0 spiro atoms. The molecule has 0 heterocycles. The molecule has 75 valence electrons. The van der Waals surface area contributed by atoms with Gasteiger partial charge < -0.3 is 4.74 Å². The first-order valence-corrected chi connectivity index (χ1v) is 7.93. The molecule has 0 saturated carbocycles. The van der Waals surface area contributed by atoms with Crippen molar-refractivity contribution >= 4 is 20.6 Å². The van der Waals surface area contributed by atoms with Gasteiger partial charge in [0, 0.05) is 6.54 Å². The Morgan fingerprint density at radius 2 is 2.00 bits per heavy atom. The van der Waals surface area contributed by atoms with Crippen molar-refractivity contribution in [3.63, 3.8) is 0 Å².